The molecule has 2 aromatic rings. The molecule has 7 nitrogen and oxygen atoms in total. The molecule has 0 spiro atoms. The number of H-pyrrole nitrogens is 1. The minimum absolute atomic E-state index is 0.0217. The van der Waals surface area contributed by atoms with Gasteiger partial charge < -0.3 is 20.9 Å². The van der Waals surface area contributed by atoms with E-state index >= 15 is 0 Å². The van der Waals surface area contributed by atoms with E-state index in [1.807, 2.05) is 13.8 Å². The lowest BCUT2D eigenvalue weighted by atomic mass is 10.0. The van der Waals surface area contributed by atoms with Gasteiger partial charge in [0.1, 0.15) is 0 Å². The van der Waals surface area contributed by atoms with Gasteiger partial charge in [0.15, 0.2) is 0 Å². The molecular weight excluding hydrogens is 344 g/mol. The molecule has 0 aliphatic carbocycles. The highest BCUT2D eigenvalue weighted by molar-refractivity contribution is 6.44. The van der Waals surface area contributed by atoms with Crippen LogP contribution in [0.25, 0.3) is 10.9 Å². The molecule has 1 saturated heterocycles. The van der Waals surface area contributed by atoms with E-state index in [9.17, 15) is 14.4 Å². The van der Waals surface area contributed by atoms with Crippen LogP contribution in [0.3, 0.4) is 0 Å². The van der Waals surface area contributed by atoms with Crippen LogP contribution < -0.4 is 11.1 Å². The number of nitrogens with one attached hydrogen (secondary N) is 2. The monoisotopic (exact) mass is 362 g/mol. The molecule has 8 heteroatoms. The van der Waals surface area contributed by atoms with Gasteiger partial charge in [0.2, 0.25) is 0 Å². The Morgan fingerprint density at radius 3 is 2.64 bits per heavy atom. The number of Topliss-reactive ketones (excluding diaryl/α,β-unsaturated/α-hetero) is 1. The Morgan fingerprint density at radius 1 is 1.24 bits per heavy atom. The number of ketones is 1. The third-order valence-electron chi connectivity index (χ3n) is 4.49. The van der Waals surface area contributed by atoms with Crippen molar-refractivity contribution in [1.82, 2.24) is 15.2 Å². The minimum Gasteiger partial charge on any atom is -0.363 e. The number of hydrogen-bond acceptors (Lipinski definition) is 4. The number of aromatic amines is 1. The molecule has 2 atom stereocenters. The summed E-state index contributed by atoms with van der Waals surface area (Å²) in [6.45, 7) is 5.23. The SMILES string of the molecule is C[C@@H]1CN[C@@H](C)CN1C(=O)c1cc2c(C(=O)C(N)=O)c[nH]c2cc1Cl. The molecule has 4 N–H and O–H groups in total. The standard InChI is InChI=1S/C17H19ClN4O3/c1-8-7-22(9(2)5-20-8)17(25)11-3-10-12(15(23)16(19)24)6-21-14(10)4-13(11)18/h3-4,6,8-9,20-21H,5,7H2,1-2H3,(H2,19,24)/t8-,9+/m0/s1. The lowest BCUT2D eigenvalue weighted by molar-refractivity contribution is -0.114. The summed E-state index contributed by atoms with van der Waals surface area (Å²) >= 11 is 6.29. The summed E-state index contributed by atoms with van der Waals surface area (Å²) in [7, 11) is 0. The van der Waals surface area contributed by atoms with Gasteiger partial charge in [-0.05, 0) is 26.0 Å². The first kappa shape index (κ1) is 17.4. The summed E-state index contributed by atoms with van der Waals surface area (Å²) in [6.07, 6.45) is 1.40. The molecule has 132 valence electrons. The maximum atomic E-state index is 13.0. The smallest absolute Gasteiger partial charge is 0.289 e. The Hall–Kier alpha value is -2.38. The Bertz CT molecular complexity index is 876. The quantitative estimate of drug-likeness (QED) is 0.565. The van der Waals surface area contributed by atoms with Crippen molar-refractivity contribution in [2.45, 2.75) is 25.9 Å². The zero-order valence-electron chi connectivity index (χ0n) is 13.9. The van der Waals surface area contributed by atoms with Gasteiger partial charge in [-0.25, -0.2) is 0 Å². The molecule has 1 aromatic carbocycles. The van der Waals surface area contributed by atoms with Crippen LogP contribution in [-0.4, -0.2) is 52.7 Å². The summed E-state index contributed by atoms with van der Waals surface area (Å²) in [5, 5.41) is 4.06. The molecule has 0 radical (unpaired) electrons. The molecular formula is C17H19ClN4O3. The molecule has 2 amide bonds. The van der Waals surface area contributed by atoms with Crippen LogP contribution in [0.5, 0.6) is 0 Å². The van der Waals surface area contributed by atoms with Gasteiger partial charge in [0, 0.05) is 42.3 Å². The second-order valence-corrected chi connectivity index (χ2v) is 6.80. The van der Waals surface area contributed by atoms with Crippen LogP contribution in [0, 0.1) is 0 Å². The number of amides is 2. The van der Waals surface area contributed by atoms with E-state index in [4.69, 9.17) is 17.3 Å². The second-order valence-electron chi connectivity index (χ2n) is 6.39. The van der Waals surface area contributed by atoms with E-state index in [0.29, 0.717) is 29.6 Å². The van der Waals surface area contributed by atoms with Crippen LogP contribution in [0.2, 0.25) is 5.02 Å². The topological polar surface area (TPSA) is 108 Å². The van der Waals surface area contributed by atoms with Gasteiger partial charge in [-0.2, -0.15) is 0 Å². The molecule has 0 unspecified atom stereocenters. The zero-order chi connectivity index (χ0) is 18.3. The van der Waals surface area contributed by atoms with E-state index < -0.39 is 11.7 Å². The third-order valence-corrected chi connectivity index (χ3v) is 4.81. The Morgan fingerprint density at radius 2 is 1.96 bits per heavy atom. The number of piperazine rings is 1. The van der Waals surface area contributed by atoms with Crippen LogP contribution in [0.4, 0.5) is 0 Å². The lowest BCUT2D eigenvalue weighted by Gasteiger charge is -2.37. The number of primary amides is 1. The Labute approximate surface area is 149 Å². The van der Waals surface area contributed by atoms with Gasteiger partial charge in [0.05, 0.1) is 16.1 Å². The molecule has 1 aliphatic rings. The van der Waals surface area contributed by atoms with Crippen molar-refractivity contribution in [1.29, 1.82) is 0 Å². The number of nitrogens with zero attached hydrogens (tertiary/aromatic N) is 1. The molecule has 2 heterocycles. The summed E-state index contributed by atoms with van der Waals surface area (Å²) in [5.41, 5.74) is 6.08. The van der Waals surface area contributed by atoms with Gasteiger partial charge in [-0.15, -0.1) is 0 Å². The van der Waals surface area contributed by atoms with Crippen LogP contribution >= 0.6 is 11.6 Å². The number of aromatic nitrogens is 1. The number of fused-ring (bicyclic) bond motifs is 1. The number of nitrogens with two attached hydrogens (primary N) is 1. The van der Waals surface area contributed by atoms with Crippen molar-refractivity contribution in [3.05, 3.63) is 34.5 Å². The molecule has 25 heavy (non-hydrogen) atoms. The average molecular weight is 363 g/mol. The maximum Gasteiger partial charge on any atom is 0.289 e. The summed E-state index contributed by atoms with van der Waals surface area (Å²) in [4.78, 5) is 40.8. The number of rotatable bonds is 3. The highest BCUT2D eigenvalue weighted by Crippen LogP contribution is 2.28. The molecule has 0 saturated carbocycles. The number of benzene rings is 1. The van der Waals surface area contributed by atoms with Crippen molar-refractivity contribution in [3.63, 3.8) is 0 Å². The Balaban J connectivity index is 2.05. The predicted molar refractivity (Wildman–Crippen MR) is 94.8 cm³/mol. The van der Waals surface area contributed by atoms with Gasteiger partial charge in [-0.3, -0.25) is 14.4 Å². The first-order valence-corrected chi connectivity index (χ1v) is 8.36. The summed E-state index contributed by atoms with van der Waals surface area (Å²) < 4.78 is 0. The number of carbonyl (C=O) groups is 3. The van der Waals surface area contributed by atoms with Gasteiger partial charge in [-0.1, -0.05) is 11.6 Å². The van der Waals surface area contributed by atoms with Crippen LogP contribution in [-0.2, 0) is 4.79 Å². The van der Waals surface area contributed by atoms with E-state index in [2.05, 4.69) is 10.3 Å². The van der Waals surface area contributed by atoms with E-state index in [0.717, 1.165) is 0 Å². The molecule has 1 aliphatic heterocycles. The third kappa shape index (κ3) is 3.12. The fraction of sp³-hybridized carbons (Fsp3) is 0.353. The number of halogens is 1. The number of hydrogen-bond donors (Lipinski definition) is 3. The number of carbonyl (C=O) groups excluding carboxylic acids is 3. The predicted octanol–water partition coefficient (Wildman–Crippen LogP) is 1.31. The van der Waals surface area contributed by atoms with Gasteiger partial charge in [0.25, 0.3) is 17.6 Å². The van der Waals surface area contributed by atoms with E-state index in [1.54, 1.807) is 17.0 Å². The van der Waals surface area contributed by atoms with Crippen molar-refractivity contribution in [2.75, 3.05) is 13.1 Å². The van der Waals surface area contributed by atoms with Crippen molar-refractivity contribution < 1.29 is 14.4 Å². The molecule has 1 fully saturated rings. The molecule has 3 rings (SSSR count). The maximum absolute atomic E-state index is 13.0. The van der Waals surface area contributed by atoms with Crippen molar-refractivity contribution in [3.8, 4) is 0 Å². The Kier molecular flexibility index (Phi) is 4.53. The van der Waals surface area contributed by atoms with E-state index in [-0.39, 0.29) is 28.6 Å². The second kappa shape index (κ2) is 6.50. The molecule has 1 aromatic heterocycles. The van der Waals surface area contributed by atoms with Gasteiger partial charge >= 0.3 is 0 Å². The van der Waals surface area contributed by atoms with Crippen molar-refractivity contribution >= 4 is 40.1 Å². The zero-order valence-corrected chi connectivity index (χ0v) is 14.7. The first-order chi connectivity index (χ1) is 11.8. The largest absolute Gasteiger partial charge is 0.363 e. The summed E-state index contributed by atoms with van der Waals surface area (Å²) in [6, 6.07) is 3.33. The highest BCUT2D eigenvalue weighted by Gasteiger charge is 2.29. The lowest BCUT2D eigenvalue weighted by Crippen LogP contribution is -2.56. The average Bonchev–Trinajstić information content (AvgIpc) is 2.97. The van der Waals surface area contributed by atoms with E-state index in [1.165, 1.54) is 6.20 Å². The fourth-order valence-corrected chi connectivity index (χ4v) is 3.33. The fourth-order valence-electron chi connectivity index (χ4n) is 3.09. The normalized spacial score (nSPS) is 20.7. The van der Waals surface area contributed by atoms with Crippen LogP contribution in [0.1, 0.15) is 34.6 Å². The van der Waals surface area contributed by atoms with Crippen LogP contribution in [0.15, 0.2) is 18.3 Å². The summed E-state index contributed by atoms with van der Waals surface area (Å²) in [5.74, 6) is -2.06. The first-order valence-electron chi connectivity index (χ1n) is 7.98. The molecule has 0 bridgehead atoms. The highest BCUT2D eigenvalue weighted by atomic mass is 35.5. The minimum atomic E-state index is -1.05. The van der Waals surface area contributed by atoms with Crippen molar-refractivity contribution in [2.24, 2.45) is 5.73 Å².